The van der Waals surface area contributed by atoms with E-state index in [2.05, 4.69) is 55.4 Å². The maximum Gasteiger partial charge on any atom is 0.472 e. The summed E-state index contributed by atoms with van der Waals surface area (Å²) < 4.78 is 68.5. The largest absolute Gasteiger partial charge is 0.472 e. The second-order valence-electron chi connectivity index (χ2n) is 28.6. The maximum absolute atomic E-state index is 13.1. The Morgan fingerprint density at radius 1 is 0.295 bits per heavy atom. The summed E-state index contributed by atoms with van der Waals surface area (Å²) in [6, 6.07) is 0. The average Bonchev–Trinajstić information content (AvgIpc) is 1.41. The predicted molar refractivity (Wildman–Crippen MR) is 386 cm³/mol. The molecule has 564 valence electrons. The summed E-state index contributed by atoms with van der Waals surface area (Å²) >= 11 is 0. The van der Waals surface area contributed by atoms with Crippen LogP contribution in [-0.4, -0.2) is 96.7 Å². The van der Waals surface area contributed by atoms with E-state index in [1.54, 1.807) is 0 Å². The fourth-order valence-corrected chi connectivity index (χ4v) is 13.0. The molecule has 0 spiro atoms. The molecule has 0 aromatic rings. The Kier molecular flexibility index (Phi) is 64.0. The van der Waals surface area contributed by atoms with Crippen molar-refractivity contribution in [1.29, 1.82) is 0 Å². The third-order valence-electron chi connectivity index (χ3n) is 18.7. The summed E-state index contributed by atoms with van der Waals surface area (Å²) in [5.41, 5.74) is 0. The second kappa shape index (κ2) is 65.4. The molecule has 0 aromatic heterocycles. The molecule has 3 N–H and O–H groups in total. The third-order valence-corrected chi connectivity index (χ3v) is 20.6. The van der Waals surface area contributed by atoms with Gasteiger partial charge in [-0.15, -0.1) is 0 Å². The molecule has 95 heavy (non-hydrogen) atoms. The predicted octanol–water partition coefficient (Wildman–Crippen LogP) is 22.0. The number of hydrogen-bond acceptors (Lipinski definition) is 15. The molecular formula is C76H148O17P2. The monoisotopic (exact) mass is 1400 g/mol. The highest BCUT2D eigenvalue weighted by Crippen LogP contribution is 2.45. The van der Waals surface area contributed by atoms with Crippen LogP contribution in [0.1, 0.15) is 383 Å². The van der Waals surface area contributed by atoms with Gasteiger partial charge in [-0.1, -0.05) is 331 Å². The van der Waals surface area contributed by atoms with Crippen molar-refractivity contribution in [1.82, 2.24) is 0 Å². The fraction of sp³-hybridized carbons (Fsp3) is 0.947. The van der Waals surface area contributed by atoms with Crippen LogP contribution in [0.5, 0.6) is 0 Å². The highest BCUT2D eigenvalue weighted by molar-refractivity contribution is 7.47. The van der Waals surface area contributed by atoms with E-state index in [9.17, 15) is 43.2 Å². The van der Waals surface area contributed by atoms with Crippen LogP contribution in [0.25, 0.3) is 0 Å². The van der Waals surface area contributed by atoms with Crippen molar-refractivity contribution in [3.8, 4) is 0 Å². The Labute approximate surface area is 581 Å². The zero-order valence-corrected chi connectivity index (χ0v) is 64.1. The maximum atomic E-state index is 13.1. The molecule has 8 atom stereocenters. The SMILES string of the molecule is CCC(C)CCCCCCCCCCCCC(=O)OC[C@H](COP(=O)(O)OC[C@@H](O)COP(=O)(O)OC[C@@H](COC(=O)CCCCCCCCC(C)CC)OC(=O)CCCCCCCCCCC(C)CC)OC(=O)CCCCCCCCCCCCCCCCCCC(C)C. The Morgan fingerprint density at radius 3 is 0.747 bits per heavy atom. The van der Waals surface area contributed by atoms with Crippen LogP contribution < -0.4 is 0 Å². The van der Waals surface area contributed by atoms with Crippen molar-refractivity contribution >= 4 is 39.5 Å². The molecule has 0 aliphatic carbocycles. The van der Waals surface area contributed by atoms with Gasteiger partial charge in [-0.3, -0.25) is 37.3 Å². The molecule has 0 radical (unpaired) electrons. The zero-order valence-electron chi connectivity index (χ0n) is 62.3. The van der Waals surface area contributed by atoms with E-state index in [-0.39, 0.29) is 25.7 Å². The number of unbranched alkanes of at least 4 members (excludes halogenated alkanes) is 36. The van der Waals surface area contributed by atoms with Crippen LogP contribution in [0.3, 0.4) is 0 Å². The number of aliphatic hydroxyl groups is 1. The number of esters is 4. The number of aliphatic hydroxyl groups excluding tert-OH is 1. The first-order valence-corrected chi connectivity index (χ1v) is 42.3. The number of carbonyl (C=O) groups excluding carboxylic acids is 4. The first-order valence-electron chi connectivity index (χ1n) is 39.3. The minimum Gasteiger partial charge on any atom is -0.462 e. The highest BCUT2D eigenvalue weighted by atomic mass is 31.2. The molecule has 0 rings (SSSR count). The molecular weight excluding hydrogens is 1250 g/mol. The molecule has 0 aromatic carbocycles. The van der Waals surface area contributed by atoms with Gasteiger partial charge in [-0.25, -0.2) is 9.13 Å². The zero-order chi connectivity index (χ0) is 70.3. The lowest BCUT2D eigenvalue weighted by Gasteiger charge is -2.21. The van der Waals surface area contributed by atoms with E-state index < -0.39 is 97.5 Å². The summed E-state index contributed by atoms with van der Waals surface area (Å²) in [5, 5.41) is 10.6. The molecule has 0 bridgehead atoms. The molecule has 17 nitrogen and oxygen atoms in total. The molecule has 0 saturated carbocycles. The van der Waals surface area contributed by atoms with Crippen LogP contribution in [0, 0.1) is 23.7 Å². The topological polar surface area (TPSA) is 237 Å². The molecule has 0 amide bonds. The van der Waals surface area contributed by atoms with Gasteiger partial charge in [0.2, 0.25) is 0 Å². The quantitative estimate of drug-likeness (QED) is 0.0222. The van der Waals surface area contributed by atoms with Gasteiger partial charge in [0.05, 0.1) is 26.4 Å². The van der Waals surface area contributed by atoms with Gasteiger partial charge >= 0.3 is 39.5 Å². The van der Waals surface area contributed by atoms with E-state index in [0.717, 1.165) is 120 Å². The van der Waals surface area contributed by atoms with Crippen molar-refractivity contribution < 1.29 is 80.2 Å². The van der Waals surface area contributed by atoms with Gasteiger partial charge in [-0.2, -0.15) is 0 Å². The number of ether oxygens (including phenoxy) is 4. The van der Waals surface area contributed by atoms with Crippen molar-refractivity contribution in [2.24, 2.45) is 23.7 Å². The number of rotatable bonds is 73. The molecule has 5 unspecified atom stereocenters. The first-order chi connectivity index (χ1) is 45.7. The Morgan fingerprint density at radius 2 is 0.505 bits per heavy atom. The van der Waals surface area contributed by atoms with Crippen molar-refractivity contribution in [3.63, 3.8) is 0 Å². The van der Waals surface area contributed by atoms with Gasteiger partial charge < -0.3 is 33.8 Å². The summed E-state index contributed by atoms with van der Waals surface area (Å²) in [6.45, 7) is 14.2. The summed E-state index contributed by atoms with van der Waals surface area (Å²) in [5.74, 6) is 0.996. The molecule has 0 heterocycles. The molecule has 19 heteroatoms. The first kappa shape index (κ1) is 93.1. The number of hydrogen-bond donors (Lipinski definition) is 3. The van der Waals surface area contributed by atoms with Crippen LogP contribution in [0.4, 0.5) is 0 Å². The highest BCUT2D eigenvalue weighted by Gasteiger charge is 2.30. The average molecular weight is 1400 g/mol. The summed E-state index contributed by atoms with van der Waals surface area (Å²) in [4.78, 5) is 72.8. The van der Waals surface area contributed by atoms with Gasteiger partial charge in [0.15, 0.2) is 12.2 Å². The molecule has 0 aliphatic heterocycles. The lowest BCUT2D eigenvalue weighted by Crippen LogP contribution is -2.30. The number of carbonyl (C=O) groups is 4. The van der Waals surface area contributed by atoms with Gasteiger partial charge in [0.25, 0.3) is 0 Å². The van der Waals surface area contributed by atoms with Gasteiger partial charge in [0.1, 0.15) is 19.3 Å². The van der Waals surface area contributed by atoms with Crippen molar-refractivity contribution in [2.75, 3.05) is 39.6 Å². The van der Waals surface area contributed by atoms with Gasteiger partial charge in [-0.05, 0) is 49.4 Å². The lowest BCUT2D eigenvalue weighted by molar-refractivity contribution is -0.161. The van der Waals surface area contributed by atoms with Gasteiger partial charge in [0, 0.05) is 25.7 Å². The number of phosphoric ester groups is 2. The van der Waals surface area contributed by atoms with E-state index >= 15 is 0 Å². The molecule has 0 saturated heterocycles. The Bertz CT molecular complexity index is 1870. The fourth-order valence-electron chi connectivity index (χ4n) is 11.5. The normalized spacial score (nSPS) is 15.0. The molecule has 0 fully saturated rings. The summed E-state index contributed by atoms with van der Waals surface area (Å²) in [6.07, 6.45) is 49.9. The van der Waals surface area contributed by atoms with Crippen LogP contribution in [0.15, 0.2) is 0 Å². The lowest BCUT2D eigenvalue weighted by atomic mass is 9.99. The minimum absolute atomic E-state index is 0.104. The third kappa shape index (κ3) is 66.4. The Balaban J connectivity index is 5.25. The van der Waals surface area contributed by atoms with E-state index in [1.807, 2.05) is 0 Å². The minimum atomic E-state index is -4.96. The Hall–Kier alpha value is -1.94. The standard InChI is InChI=1S/C76H148O17P2/c1-9-67(6)53-45-37-29-23-20-21-24-31-40-48-56-73(78)86-62-71(92-75(80)58-50-42-32-25-19-17-15-13-12-14-16-18-22-28-36-44-52-66(4)5)64-90-94(82,83)88-60-70(77)61-89-95(84,85)91-65-72(63-87-74(79)57-49-41-35-34-39-47-55-69(8)11-3)93-76(81)59-51-43-33-27-26-30-38-46-54-68(7)10-2/h66-72,77H,9-65H2,1-8H3,(H,82,83)(H,84,85)/t67?,68?,69?,70-,71-,72-/m1/s1. The van der Waals surface area contributed by atoms with Crippen LogP contribution in [0.2, 0.25) is 0 Å². The van der Waals surface area contributed by atoms with Crippen molar-refractivity contribution in [3.05, 3.63) is 0 Å². The van der Waals surface area contributed by atoms with E-state index in [1.165, 1.54) is 180 Å². The van der Waals surface area contributed by atoms with Crippen LogP contribution >= 0.6 is 15.6 Å². The number of phosphoric acid groups is 2. The van der Waals surface area contributed by atoms with E-state index in [4.69, 9.17) is 37.0 Å². The van der Waals surface area contributed by atoms with Crippen molar-refractivity contribution in [2.45, 2.75) is 401 Å². The summed E-state index contributed by atoms with van der Waals surface area (Å²) in [7, 11) is -9.91. The smallest absolute Gasteiger partial charge is 0.462 e. The van der Waals surface area contributed by atoms with E-state index in [0.29, 0.717) is 25.7 Å². The van der Waals surface area contributed by atoms with Crippen LogP contribution in [-0.2, 0) is 65.4 Å². The molecule has 0 aliphatic rings. The second-order valence-corrected chi connectivity index (χ2v) is 31.5.